The van der Waals surface area contributed by atoms with Crippen molar-refractivity contribution in [1.82, 2.24) is 5.32 Å². The van der Waals surface area contributed by atoms with Gasteiger partial charge in [0.1, 0.15) is 0 Å². The molecule has 0 saturated heterocycles. The van der Waals surface area contributed by atoms with E-state index in [1.165, 1.54) is 5.56 Å². The third-order valence-electron chi connectivity index (χ3n) is 3.26. The number of hydrogen-bond donors (Lipinski definition) is 1. The summed E-state index contributed by atoms with van der Waals surface area (Å²) in [6, 6.07) is 11.8. The minimum atomic E-state index is -4.17. The largest absolute Gasteiger partial charge is 0.401 e. The maximum atomic E-state index is 12.2. The molecule has 0 aromatic heterocycles. The Morgan fingerprint density at radius 1 is 0.950 bits per heavy atom. The van der Waals surface area contributed by atoms with Gasteiger partial charge in [-0.3, -0.25) is 0 Å². The van der Waals surface area contributed by atoms with Crippen molar-refractivity contribution in [2.24, 2.45) is 0 Å². The molecule has 0 saturated carbocycles. The molecule has 108 valence electrons. The molecule has 2 aromatic rings. The maximum absolute atomic E-state index is 12.2. The van der Waals surface area contributed by atoms with Gasteiger partial charge < -0.3 is 5.32 Å². The maximum Gasteiger partial charge on any atom is 0.401 e. The van der Waals surface area contributed by atoms with Gasteiger partial charge >= 0.3 is 6.18 Å². The van der Waals surface area contributed by atoms with E-state index in [1.807, 2.05) is 36.4 Å². The lowest BCUT2D eigenvalue weighted by Crippen LogP contribution is -2.28. The lowest BCUT2D eigenvalue weighted by atomic mass is 9.97. The summed E-state index contributed by atoms with van der Waals surface area (Å²) < 4.78 is 36.5. The number of benzene rings is 2. The highest BCUT2D eigenvalue weighted by atomic mass is 19.4. The van der Waals surface area contributed by atoms with Crippen molar-refractivity contribution in [2.45, 2.75) is 32.5 Å². The van der Waals surface area contributed by atoms with Crippen molar-refractivity contribution in [2.75, 3.05) is 6.54 Å². The standard InChI is InChI=1S/C16H18F3N/c1-2-5-12-8-9-13(10-20-11-16(17,18)19)15-7-4-3-6-14(12)15/h3-4,6-9,20H,2,5,10-11H2,1H3. The Hall–Kier alpha value is -1.55. The predicted octanol–water partition coefficient (Wildman–Crippen LogP) is 4.44. The molecule has 0 aliphatic heterocycles. The van der Waals surface area contributed by atoms with Gasteiger partial charge in [-0.1, -0.05) is 49.7 Å². The summed E-state index contributed by atoms with van der Waals surface area (Å²) in [5, 5.41) is 4.64. The molecule has 2 rings (SSSR count). The first-order chi connectivity index (χ1) is 9.51. The third kappa shape index (κ3) is 3.73. The summed E-state index contributed by atoms with van der Waals surface area (Å²) in [5.74, 6) is 0. The van der Waals surface area contributed by atoms with Crippen LogP contribution in [-0.4, -0.2) is 12.7 Å². The molecule has 4 heteroatoms. The summed E-state index contributed by atoms with van der Waals surface area (Å²) in [6.07, 6.45) is -2.13. The van der Waals surface area contributed by atoms with Gasteiger partial charge in [0.05, 0.1) is 6.54 Å². The Bertz CT molecular complexity index is 575. The first kappa shape index (κ1) is 14.9. The van der Waals surface area contributed by atoms with Crippen LogP contribution in [0, 0.1) is 0 Å². The van der Waals surface area contributed by atoms with E-state index in [-0.39, 0.29) is 6.54 Å². The van der Waals surface area contributed by atoms with Gasteiger partial charge in [0, 0.05) is 6.54 Å². The van der Waals surface area contributed by atoms with Crippen molar-refractivity contribution in [3.8, 4) is 0 Å². The van der Waals surface area contributed by atoms with Gasteiger partial charge in [-0.25, -0.2) is 0 Å². The van der Waals surface area contributed by atoms with E-state index in [0.29, 0.717) is 0 Å². The minimum Gasteiger partial charge on any atom is -0.305 e. The van der Waals surface area contributed by atoms with E-state index >= 15 is 0 Å². The second-order valence-corrected chi connectivity index (χ2v) is 4.90. The first-order valence-electron chi connectivity index (χ1n) is 6.78. The Kier molecular flexibility index (Phi) is 4.65. The minimum absolute atomic E-state index is 0.229. The van der Waals surface area contributed by atoms with Crippen LogP contribution in [0.2, 0.25) is 0 Å². The molecule has 0 heterocycles. The summed E-state index contributed by atoms with van der Waals surface area (Å²) in [4.78, 5) is 0. The van der Waals surface area contributed by atoms with E-state index in [9.17, 15) is 13.2 Å². The van der Waals surface area contributed by atoms with Gasteiger partial charge in [0.15, 0.2) is 0 Å². The number of halogens is 3. The fourth-order valence-corrected chi connectivity index (χ4v) is 2.40. The van der Waals surface area contributed by atoms with E-state index in [0.717, 1.165) is 29.2 Å². The van der Waals surface area contributed by atoms with Crippen molar-refractivity contribution in [3.63, 3.8) is 0 Å². The molecule has 0 aliphatic rings. The van der Waals surface area contributed by atoms with Gasteiger partial charge in [-0.15, -0.1) is 0 Å². The number of hydrogen-bond acceptors (Lipinski definition) is 1. The molecule has 0 unspecified atom stereocenters. The van der Waals surface area contributed by atoms with Gasteiger partial charge in [0.25, 0.3) is 0 Å². The molecule has 0 bridgehead atoms. The summed E-state index contributed by atoms with van der Waals surface area (Å²) in [7, 11) is 0. The highest BCUT2D eigenvalue weighted by Crippen LogP contribution is 2.24. The fourth-order valence-electron chi connectivity index (χ4n) is 2.40. The molecular weight excluding hydrogens is 263 g/mol. The summed E-state index contributed by atoms with van der Waals surface area (Å²) in [6.45, 7) is 1.39. The molecule has 0 aliphatic carbocycles. The van der Waals surface area contributed by atoms with Gasteiger partial charge in [0.2, 0.25) is 0 Å². The molecule has 1 N–H and O–H groups in total. The summed E-state index contributed by atoms with van der Waals surface area (Å²) >= 11 is 0. The fraction of sp³-hybridized carbons (Fsp3) is 0.375. The zero-order valence-electron chi connectivity index (χ0n) is 11.4. The molecule has 0 spiro atoms. The summed E-state index contributed by atoms with van der Waals surface area (Å²) in [5.41, 5.74) is 2.16. The van der Waals surface area contributed by atoms with Gasteiger partial charge in [-0.2, -0.15) is 13.2 Å². The van der Waals surface area contributed by atoms with Crippen LogP contribution in [0.3, 0.4) is 0 Å². The van der Waals surface area contributed by atoms with E-state index in [4.69, 9.17) is 0 Å². The van der Waals surface area contributed by atoms with Crippen LogP contribution in [0.1, 0.15) is 24.5 Å². The lowest BCUT2D eigenvalue weighted by molar-refractivity contribution is -0.125. The monoisotopic (exact) mass is 281 g/mol. The van der Waals surface area contributed by atoms with Crippen molar-refractivity contribution in [1.29, 1.82) is 0 Å². The second kappa shape index (κ2) is 6.27. The molecular formula is C16H18F3N. The average molecular weight is 281 g/mol. The SMILES string of the molecule is CCCc1ccc(CNCC(F)(F)F)c2ccccc12. The molecule has 20 heavy (non-hydrogen) atoms. The molecule has 0 amide bonds. The average Bonchev–Trinajstić information content (AvgIpc) is 2.40. The predicted molar refractivity (Wildman–Crippen MR) is 75.7 cm³/mol. The van der Waals surface area contributed by atoms with E-state index < -0.39 is 12.7 Å². The second-order valence-electron chi connectivity index (χ2n) is 4.90. The molecule has 0 fully saturated rings. The van der Waals surface area contributed by atoms with E-state index in [1.54, 1.807) is 0 Å². The highest BCUT2D eigenvalue weighted by Gasteiger charge is 2.26. The van der Waals surface area contributed by atoms with Crippen molar-refractivity contribution < 1.29 is 13.2 Å². The first-order valence-corrected chi connectivity index (χ1v) is 6.78. The van der Waals surface area contributed by atoms with Crippen LogP contribution in [0.5, 0.6) is 0 Å². The number of rotatable bonds is 5. The Labute approximate surface area is 116 Å². The van der Waals surface area contributed by atoms with Gasteiger partial charge in [-0.05, 0) is 28.3 Å². The molecule has 2 aromatic carbocycles. The molecule has 0 radical (unpaired) electrons. The number of fused-ring (bicyclic) bond motifs is 1. The quantitative estimate of drug-likeness (QED) is 0.854. The highest BCUT2D eigenvalue weighted by molar-refractivity contribution is 5.88. The van der Waals surface area contributed by atoms with Crippen molar-refractivity contribution in [3.05, 3.63) is 47.5 Å². The van der Waals surface area contributed by atoms with Crippen LogP contribution in [0.15, 0.2) is 36.4 Å². The van der Waals surface area contributed by atoms with Crippen LogP contribution in [-0.2, 0) is 13.0 Å². The van der Waals surface area contributed by atoms with Crippen LogP contribution >= 0.6 is 0 Å². The smallest absolute Gasteiger partial charge is 0.305 e. The topological polar surface area (TPSA) is 12.0 Å². The number of nitrogens with one attached hydrogen (secondary N) is 1. The van der Waals surface area contributed by atoms with Crippen molar-refractivity contribution >= 4 is 10.8 Å². The van der Waals surface area contributed by atoms with Crippen LogP contribution in [0.4, 0.5) is 13.2 Å². The normalized spacial score (nSPS) is 12.0. The van der Waals surface area contributed by atoms with Crippen LogP contribution < -0.4 is 5.32 Å². The number of aryl methyl sites for hydroxylation is 1. The Morgan fingerprint density at radius 2 is 1.55 bits per heavy atom. The van der Waals surface area contributed by atoms with Crippen LogP contribution in [0.25, 0.3) is 10.8 Å². The molecule has 1 nitrogen and oxygen atoms in total. The number of alkyl halides is 3. The zero-order valence-corrected chi connectivity index (χ0v) is 11.4. The Balaban J connectivity index is 2.24. The third-order valence-corrected chi connectivity index (χ3v) is 3.26. The van der Waals surface area contributed by atoms with E-state index in [2.05, 4.69) is 12.2 Å². The molecule has 0 atom stereocenters. The zero-order chi connectivity index (χ0) is 14.6. The Morgan fingerprint density at radius 3 is 2.15 bits per heavy atom. The lowest BCUT2D eigenvalue weighted by Gasteiger charge is -2.12.